The summed E-state index contributed by atoms with van der Waals surface area (Å²) in [5.41, 5.74) is 2.10. The van der Waals surface area contributed by atoms with E-state index in [0.717, 1.165) is 12.0 Å². The first-order chi connectivity index (χ1) is 11.4. The van der Waals surface area contributed by atoms with Gasteiger partial charge in [0.25, 0.3) is 10.0 Å². The lowest BCUT2D eigenvalue weighted by Gasteiger charge is -2.30. The number of anilines is 2. The number of amides is 1. The van der Waals surface area contributed by atoms with E-state index in [4.69, 9.17) is 0 Å². The van der Waals surface area contributed by atoms with Gasteiger partial charge in [0, 0.05) is 0 Å². The minimum absolute atomic E-state index is 0.194. The SMILES string of the molecule is CC[C@@H](C)c1ccc(S(=O)(=O)N2CC(=O)Nc3ccccc32)cc1. The highest BCUT2D eigenvalue weighted by Crippen LogP contribution is 2.33. The highest BCUT2D eigenvalue weighted by atomic mass is 32.2. The Morgan fingerprint density at radius 1 is 1.12 bits per heavy atom. The van der Waals surface area contributed by atoms with E-state index in [1.54, 1.807) is 36.4 Å². The molecule has 0 bridgehead atoms. The first kappa shape index (κ1) is 16.5. The third kappa shape index (κ3) is 2.89. The summed E-state index contributed by atoms with van der Waals surface area (Å²) in [6.07, 6.45) is 0.992. The molecule has 1 aliphatic heterocycles. The summed E-state index contributed by atoms with van der Waals surface area (Å²) in [6, 6.07) is 13.8. The Bertz CT molecular complexity index is 860. The molecule has 2 aromatic carbocycles. The molecule has 24 heavy (non-hydrogen) atoms. The lowest BCUT2D eigenvalue weighted by atomic mass is 9.99. The molecule has 1 atom stereocenters. The van der Waals surface area contributed by atoms with E-state index < -0.39 is 10.0 Å². The van der Waals surface area contributed by atoms with Gasteiger partial charge >= 0.3 is 0 Å². The van der Waals surface area contributed by atoms with Crippen molar-refractivity contribution in [2.24, 2.45) is 0 Å². The molecule has 0 unspecified atom stereocenters. The zero-order chi connectivity index (χ0) is 17.3. The summed E-state index contributed by atoms with van der Waals surface area (Å²) >= 11 is 0. The van der Waals surface area contributed by atoms with Crippen molar-refractivity contribution in [2.75, 3.05) is 16.2 Å². The van der Waals surface area contributed by atoms with Gasteiger partial charge in [-0.15, -0.1) is 0 Å². The monoisotopic (exact) mass is 344 g/mol. The predicted octanol–water partition coefficient (Wildman–Crippen LogP) is 3.35. The summed E-state index contributed by atoms with van der Waals surface area (Å²) in [5, 5.41) is 2.70. The Morgan fingerprint density at radius 2 is 1.79 bits per heavy atom. The molecule has 2 aromatic rings. The number of carbonyl (C=O) groups excluding carboxylic acids is 1. The molecule has 0 radical (unpaired) electrons. The summed E-state index contributed by atoms with van der Waals surface area (Å²) in [5.74, 6) is 0.0387. The largest absolute Gasteiger partial charge is 0.323 e. The smallest absolute Gasteiger partial charge is 0.264 e. The van der Waals surface area contributed by atoms with Crippen molar-refractivity contribution >= 4 is 27.3 Å². The Labute approximate surface area is 142 Å². The standard InChI is InChI=1S/C18H20N2O3S/c1-3-13(2)14-8-10-15(11-9-14)24(22,23)20-12-18(21)19-16-6-4-5-7-17(16)20/h4-11,13H,3,12H2,1-2H3,(H,19,21)/t13-/m1/s1. The second-order valence-electron chi connectivity index (χ2n) is 5.96. The third-order valence-electron chi connectivity index (χ3n) is 4.38. The molecule has 6 heteroatoms. The molecule has 5 nitrogen and oxygen atoms in total. The molecular weight excluding hydrogens is 324 g/mol. The average Bonchev–Trinajstić information content (AvgIpc) is 2.60. The van der Waals surface area contributed by atoms with Crippen molar-refractivity contribution in [2.45, 2.75) is 31.1 Å². The van der Waals surface area contributed by atoms with Gasteiger partial charge < -0.3 is 5.32 Å². The average molecular weight is 344 g/mol. The topological polar surface area (TPSA) is 66.5 Å². The fraction of sp³-hybridized carbons (Fsp3) is 0.278. The summed E-state index contributed by atoms with van der Waals surface area (Å²) in [4.78, 5) is 12.1. The molecule has 126 valence electrons. The first-order valence-electron chi connectivity index (χ1n) is 7.95. The number of carbonyl (C=O) groups is 1. The number of hydrogen-bond donors (Lipinski definition) is 1. The zero-order valence-electron chi connectivity index (χ0n) is 13.7. The van der Waals surface area contributed by atoms with E-state index >= 15 is 0 Å². The molecule has 0 aromatic heterocycles. The van der Waals surface area contributed by atoms with Gasteiger partial charge in [0.1, 0.15) is 6.54 Å². The van der Waals surface area contributed by atoms with E-state index in [2.05, 4.69) is 19.2 Å². The quantitative estimate of drug-likeness (QED) is 0.925. The first-order valence-corrected chi connectivity index (χ1v) is 9.39. The van der Waals surface area contributed by atoms with Crippen molar-refractivity contribution in [3.63, 3.8) is 0 Å². The Morgan fingerprint density at radius 3 is 2.46 bits per heavy atom. The fourth-order valence-electron chi connectivity index (χ4n) is 2.75. The van der Waals surface area contributed by atoms with Gasteiger partial charge in [0.2, 0.25) is 5.91 Å². The molecule has 0 spiro atoms. The Kier molecular flexibility index (Phi) is 4.32. The lowest BCUT2D eigenvalue weighted by Crippen LogP contribution is -2.42. The maximum absolute atomic E-state index is 13.0. The van der Waals surface area contributed by atoms with Crippen LogP contribution in [-0.2, 0) is 14.8 Å². The Hall–Kier alpha value is -2.34. The molecule has 0 saturated heterocycles. The van der Waals surface area contributed by atoms with Crippen molar-refractivity contribution in [3.8, 4) is 0 Å². The molecule has 3 rings (SSSR count). The van der Waals surface area contributed by atoms with Crippen molar-refractivity contribution in [1.82, 2.24) is 0 Å². The maximum atomic E-state index is 13.0. The molecule has 1 amide bonds. The molecule has 1 N–H and O–H groups in total. The molecule has 1 heterocycles. The molecule has 0 saturated carbocycles. The molecular formula is C18H20N2O3S. The second kappa shape index (κ2) is 6.28. The minimum Gasteiger partial charge on any atom is -0.323 e. The van der Waals surface area contributed by atoms with Gasteiger partial charge in [0.05, 0.1) is 16.3 Å². The number of nitrogens with zero attached hydrogens (tertiary/aromatic N) is 1. The van der Waals surface area contributed by atoms with Crippen LogP contribution in [-0.4, -0.2) is 20.9 Å². The van der Waals surface area contributed by atoms with E-state index in [9.17, 15) is 13.2 Å². The van der Waals surface area contributed by atoms with E-state index in [1.807, 2.05) is 12.1 Å². The van der Waals surface area contributed by atoms with Crippen LogP contribution in [0.15, 0.2) is 53.4 Å². The molecule has 0 fully saturated rings. The van der Waals surface area contributed by atoms with Crippen LogP contribution >= 0.6 is 0 Å². The molecule has 1 aliphatic rings. The van der Waals surface area contributed by atoms with Gasteiger partial charge in [-0.2, -0.15) is 0 Å². The van der Waals surface area contributed by atoms with Gasteiger partial charge in [-0.1, -0.05) is 38.1 Å². The second-order valence-corrected chi connectivity index (χ2v) is 7.82. The van der Waals surface area contributed by atoms with Crippen LogP contribution in [0, 0.1) is 0 Å². The van der Waals surface area contributed by atoms with Crippen LogP contribution in [0.5, 0.6) is 0 Å². The lowest BCUT2D eigenvalue weighted by molar-refractivity contribution is -0.115. The fourth-order valence-corrected chi connectivity index (χ4v) is 4.19. The van der Waals surface area contributed by atoms with Crippen molar-refractivity contribution in [3.05, 3.63) is 54.1 Å². The normalized spacial score (nSPS) is 15.6. The number of fused-ring (bicyclic) bond motifs is 1. The number of para-hydroxylation sites is 2. The highest BCUT2D eigenvalue weighted by Gasteiger charge is 2.32. The van der Waals surface area contributed by atoms with Crippen LogP contribution in [0.1, 0.15) is 31.7 Å². The van der Waals surface area contributed by atoms with Crippen LogP contribution in [0.25, 0.3) is 0 Å². The van der Waals surface area contributed by atoms with Gasteiger partial charge in [0.15, 0.2) is 0 Å². The van der Waals surface area contributed by atoms with Crippen molar-refractivity contribution in [1.29, 1.82) is 0 Å². The highest BCUT2D eigenvalue weighted by molar-refractivity contribution is 7.92. The van der Waals surface area contributed by atoms with E-state index in [1.165, 1.54) is 4.31 Å². The Balaban J connectivity index is 2.01. The van der Waals surface area contributed by atoms with Crippen LogP contribution in [0.4, 0.5) is 11.4 Å². The van der Waals surface area contributed by atoms with Gasteiger partial charge in [-0.25, -0.2) is 8.42 Å². The van der Waals surface area contributed by atoms with Crippen molar-refractivity contribution < 1.29 is 13.2 Å². The number of nitrogens with one attached hydrogen (secondary N) is 1. The zero-order valence-corrected chi connectivity index (χ0v) is 14.5. The predicted molar refractivity (Wildman–Crippen MR) is 94.8 cm³/mol. The number of hydrogen-bond acceptors (Lipinski definition) is 3. The van der Waals surface area contributed by atoms with Gasteiger partial charge in [-0.3, -0.25) is 9.10 Å². The number of sulfonamides is 1. The number of rotatable bonds is 4. The summed E-state index contributed by atoms with van der Waals surface area (Å²) in [7, 11) is -3.79. The molecule has 0 aliphatic carbocycles. The maximum Gasteiger partial charge on any atom is 0.264 e. The van der Waals surface area contributed by atoms with Gasteiger partial charge in [-0.05, 0) is 42.2 Å². The summed E-state index contributed by atoms with van der Waals surface area (Å²) < 4.78 is 27.2. The van der Waals surface area contributed by atoms with E-state index in [-0.39, 0.29) is 17.3 Å². The third-order valence-corrected chi connectivity index (χ3v) is 6.16. The van der Waals surface area contributed by atoms with Crippen LogP contribution in [0.3, 0.4) is 0 Å². The van der Waals surface area contributed by atoms with Crippen LogP contribution < -0.4 is 9.62 Å². The van der Waals surface area contributed by atoms with E-state index in [0.29, 0.717) is 17.3 Å². The van der Waals surface area contributed by atoms with Crippen LogP contribution in [0.2, 0.25) is 0 Å². The summed E-state index contributed by atoms with van der Waals surface area (Å²) in [6.45, 7) is 3.99. The minimum atomic E-state index is -3.79. The number of benzene rings is 2.